The molecule has 2 fully saturated rings. The van der Waals surface area contributed by atoms with E-state index in [0.717, 1.165) is 42.6 Å². The van der Waals surface area contributed by atoms with Gasteiger partial charge in [0.15, 0.2) is 0 Å². The standard InChI is InChI=1S/C32H38ClFN4O4/c1-32(2,3)42-30(39)36-16-13-23(14-17-36)29-35-28(24-11-12-27(34)26(33)18-24)20-37(29)19-25-10-7-15-38(25)31(40)41-21-22-8-5-4-6-9-22/h4-6,8-9,11-12,18,20,23,25H,7,10,13-17,19,21H2,1-3H3/t25-/m0/s1. The molecule has 224 valence electrons. The number of aromatic nitrogens is 2. The summed E-state index contributed by atoms with van der Waals surface area (Å²) in [6, 6.07) is 14.2. The SMILES string of the molecule is CC(C)(C)OC(=O)N1CCC(c2nc(-c3ccc(F)c(Cl)c3)cn2C[C@@H]2CCCN2C(=O)OCc2ccccc2)CC1. The lowest BCUT2D eigenvalue weighted by Crippen LogP contribution is -2.42. The number of hydrogen-bond acceptors (Lipinski definition) is 5. The fourth-order valence-electron chi connectivity index (χ4n) is 5.64. The Morgan fingerprint density at radius 3 is 2.45 bits per heavy atom. The van der Waals surface area contributed by atoms with Crippen LogP contribution in [0.2, 0.25) is 5.02 Å². The third-order valence-corrected chi connectivity index (χ3v) is 8.05. The molecule has 0 spiro atoms. The minimum absolute atomic E-state index is 0.0393. The highest BCUT2D eigenvalue weighted by molar-refractivity contribution is 6.31. The minimum atomic E-state index is -0.551. The molecule has 0 aliphatic carbocycles. The molecule has 2 aliphatic heterocycles. The molecule has 2 aromatic carbocycles. The topological polar surface area (TPSA) is 76.9 Å². The highest BCUT2D eigenvalue weighted by atomic mass is 35.5. The maximum atomic E-state index is 13.9. The lowest BCUT2D eigenvalue weighted by atomic mass is 9.96. The van der Waals surface area contributed by atoms with Gasteiger partial charge >= 0.3 is 12.2 Å². The fourth-order valence-corrected chi connectivity index (χ4v) is 5.82. The summed E-state index contributed by atoms with van der Waals surface area (Å²) in [7, 11) is 0. The van der Waals surface area contributed by atoms with Gasteiger partial charge in [0.2, 0.25) is 0 Å². The van der Waals surface area contributed by atoms with E-state index in [9.17, 15) is 14.0 Å². The first-order chi connectivity index (χ1) is 20.1. The molecule has 0 N–H and O–H groups in total. The minimum Gasteiger partial charge on any atom is -0.445 e. The molecule has 0 bridgehead atoms. The number of carbonyl (C=O) groups is 2. The molecule has 3 aromatic rings. The second-order valence-corrected chi connectivity index (χ2v) is 12.4. The molecular weight excluding hydrogens is 559 g/mol. The summed E-state index contributed by atoms with van der Waals surface area (Å²) >= 11 is 6.10. The average molecular weight is 597 g/mol. The molecule has 2 amide bonds. The fraction of sp³-hybridized carbons (Fsp3) is 0.469. The number of nitrogens with zero attached hydrogens (tertiary/aromatic N) is 4. The van der Waals surface area contributed by atoms with Gasteiger partial charge in [-0.2, -0.15) is 0 Å². The molecule has 0 saturated carbocycles. The van der Waals surface area contributed by atoms with E-state index < -0.39 is 11.4 Å². The molecule has 0 unspecified atom stereocenters. The van der Waals surface area contributed by atoms with E-state index in [2.05, 4.69) is 4.57 Å². The van der Waals surface area contributed by atoms with Gasteiger partial charge in [-0.15, -0.1) is 0 Å². The number of piperidine rings is 1. The van der Waals surface area contributed by atoms with Gasteiger partial charge in [0.05, 0.1) is 16.8 Å². The summed E-state index contributed by atoms with van der Waals surface area (Å²) in [5, 5.41) is 0.0393. The van der Waals surface area contributed by atoms with E-state index in [1.807, 2.05) is 62.2 Å². The predicted molar refractivity (Wildman–Crippen MR) is 159 cm³/mol. The maximum absolute atomic E-state index is 13.9. The van der Waals surface area contributed by atoms with E-state index in [1.165, 1.54) is 6.07 Å². The monoisotopic (exact) mass is 596 g/mol. The van der Waals surface area contributed by atoms with Crippen LogP contribution in [0.15, 0.2) is 54.7 Å². The summed E-state index contributed by atoms with van der Waals surface area (Å²) in [6.07, 6.45) is 4.54. The quantitative estimate of drug-likeness (QED) is 0.299. The molecule has 8 nitrogen and oxygen atoms in total. The summed E-state index contributed by atoms with van der Waals surface area (Å²) in [4.78, 5) is 34.3. The van der Waals surface area contributed by atoms with Crippen LogP contribution >= 0.6 is 11.6 Å². The van der Waals surface area contributed by atoms with Gasteiger partial charge in [-0.3, -0.25) is 0 Å². The van der Waals surface area contributed by atoms with Crippen molar-refractivity contribution in [1.82, 2.24) is 19.4 Å². The van der Waals surface area contributed by atoms with Gasteiger partial charge in [0.25, 0.3) is 0 Å². The van der Waals surface area contributed by atoms with Crippen molar-refractivity contribution in [2.75, 3.05) is 19.6 Å². The number of hydrogen-bond donors (Lipinski definition) is 0. The molecule has 5 rings (SSSR count). The van der Waals surface area contributed by atoms with Crippen LogP contribution in [-0.4, -0.2) is 62.8 Å². The number of carbonyl (C=O) groups excluding carboxylic acids is 2. The largest absolute Gasteiger partial charge is 0.445 e. The van der Waals surface area contributed by atoms with Crippen molar-refractivity contribution in [2.45, 2.75) is 77.2 Å². The van der Waals surface area contributed by atoms with E-state index in [1.54, 1.807) is 17.0 Å². The van der Waals surface area contributed by atoms with Gasteiger partial charge in [-0.25, -0.2) is 19.0 Å². The first kappa shape index (κ1) is 29.9. The van der Waals surface area contributed by atoms with Crippen molar-refractivity contribution in [3.05, 3.63) is 77.0 Å². The third kappa shape index (κ3) is 7.24. The van der Waals surface area contributed by atoms with Crippen LogP contribution in [0.4, 0.5) is 14.0 Å². The number of rotatable bonds is 6. The van der Waals surface area contributed by atoms with Crippen LogP contribution < -0.4 is 0 Å². The average Bonchev–Trinajstić information content (AvgIpc) is 3.61. The van der Waals surface area contributed by atoms with Crippen LogP contribution in [0.1, 0.15) is 63.8 Å². The maximum Gasteiger partial charge on any atom is 0.410 e. The number of ether oxygens (including phenoxy) is 2. The van der Waals surface area contributed by atoms with Gasteiger partial charge < -0.3 is 23.8 Å². The summed E-state index contributed by atoms with van der Waals surface area (Å²) in [5.41, 5.74) is 1.81. The molecule has 2 saturated heterocycles. The van der Waals surface area contributed by atoms with E-state index in [-0.39, 0.29) is 35.8 Å². The zero-order chi connectivity index (χ0) is 29.9. The molecule has 1 aromatic heterocycles. The number of benzene rings is 2. The molecule has 1 atom stereocenters. The van der Waals surface area contributed by atoms with Crippen molar-refractivity contribution in [3.8, 4) is 11.3 Å². The molecule has 3 heterocycles. The highest BCUT2D eigenvalue weighted by Crippen LogP contribution is 2.33. The molecule has 42 heavy (non-hydrogen) atoms. The third-order valence-electron chi connectivity index (χ3n) is 7.76. The summed E-state index contributed by atoms with van der Waals surface area (Å²) in [5.74, 6) is 0.511. The smallest absolute Gasteiger partial charge is 0.410 e. The van der Waals surface area contributed by atoms with Crippen LogP contribution in [0.5, 0.6) is 0 Å². The van der Waals surface area contributed by atoms with Gasteiger partial charge in [-0.1, -0.05) is 41.9 Å². The number of likely N-dealkylation sites (tertiary alicyclic amines) is 2. The Morgan fingerprint density at radius 2 is 1.76 bits per heavy atom. The van der Waals surface area contributed by atoms with Crippen molar-refractivity contribution < 1.29 is 23.5 Å². The Kier molecular flexibility index (Phi) is 9.06. The molecule has 10 heteroatoms. The highest BCUT2D eigenvalue weighted by Gasteiger charge is 2.33. The van der Waals surface area contributed by atoms with E-state index in [4.69, 9.17) is 26.1 Å². The number of halogens is 2. The van der Waals surface area contributed by atoms with Crippen LogP contribution in [0.3, 0.4) is 0 Å². The Morgan fingerprint density at radius 1 is 1.02 bits per heavy atom. The Hall–Kier alpha value is -3.59. The molecular formula is C32H38ClFN4O4. The van der Waals surface area contributed by atoms with Gasteiger partial charge in [0.1, 0.15) is 23.8 Å². The van der Waals surface area contributed by atoms with Crippen molar-refractivity contribution in [1.29, 1.82) is 0 Å². The van der Waals surface area contributed by atoms with E-state index in [0.29, 0.717) is 31.9 Å². The summed E-state index contributed by atoms with van der Waals surface area (Å²) in [6.45, 7) is 8.13. The van der Waals surface area contributed by atoms with Crippen molar-refractivity contribution in [2.24, 2.45) is 0 Å². The van der Waals surface area contributed by atoms with Crippen LogP contribution in [0, 0.1) is 5.82 Å². The van der Waals surface area contributed by atoms with Crippen molar-refractivity contribution >= 4 is 23.8 Å². The number of amides is 2. The second kappa shape index (κ2) is 12.7. The first-order valence-corrected chi connectivity index (χ1v) is 14.9. The van der Waals surface area contributed by atoms with Crippen LogP contribution in [-0.2, 0) is 22.6 Å². The molecule has 2 aliphatic rings. The Bertz CT molecular complexity index is 1400. The summed E-state index contributed by atoms with van der Waals surface area (Å²) < 4.78 is 27.3. The predicted octanol–water partition coefficient (Wildman–Crippen LogP) is 7.26. The second-order valence-electron chi connectivity index (χ2n) is 12.0. The van der Waals surface area contributed by atoms with Gasteiger partial charge in [0, 0.05) is 43.9 Å². The van der Waals surface area contributed by atoms with Crippen molar-refractivity contribution in [3.63, 3.8) is 0 Å². The Balaban J connectivity index is 1.34. The van der Waals surface area contributed by atoms with Gasteiger partial charge in [-0.05, 0) is 70.2 Å². The first-order valence-electron chi connectivity index (χ1n) is 14.5. The zero-order valence-corrected chi connectivity index (χ0v) is 25.1. The molecule has 0 radical (unpaired) electrons. The number of imidazole rings is 1. The lowest BCUT2D eigenvalue weighted by Gasteiger charge is -2.33. The zero-order valence-electron chi connectivity index (χ0n) is 24.4. The van der Waals surface area contributed by atoms with E-state index >= 15 is 0 Å². The normalized spacial score (nSPS) is 17.9. The Labute approximate surface area is 251 Å². The lowest BCUT2D eigenvalue weighted by molar-refractivity contribution is 0.0202. The van der Waals surface area contributed by atoms with Crippen LogP contribution in [0.25, 0.3) is 11.3 Å².